The molecular weight excluding hydrogens is 222 g/mol. The Morgan fingerprint density at radius 1 is 1.41 bits per heavy atom. The van der Waals surface area contributed by atoms with Crippen LogP contribution >= 0.6 is 0 Å². The second kappa shape index (κ2) is 5.89. The van der Waals surface area contributed by atoms with Crippen molar-refractivity contribution in [2.45, 2.75) is 13.3 Å². The average molecular weight is 237 g/mol. The summed E-state index contributed by atoms with van der Waals surface area (Å²) in [6, 6.07) is 7.10. The number of nitrogens with zero attached hydrogens (tertiary/aromatic N) is 1. The highest BCUT2D eigenvalue weighted by Gasteiger charge is 2.12. The van der Waals surface area contributed by atoms with Gasteiger partial charge in [0.25, 0.3) is 0 Å². The van der Waals surface area contributed by atoms with Crippen LogP contribution in [0.4, 0.5) is 4.79 Å². The molecule has 1 amide bonds. The van der Waals surface area contributed by atoms with Gasteiger partial charge in [-0.3, -0.25) is 4.79 Å². The van der Waals surface area contributed by atoms with Crippen LogP contribution in [0.2, 0.25) is 0 Å². The predicted molar refractivity (Wildman–Crippen MR) is 62.1 cm³/mol. The first-order valence-corrected chi connectivity index (χ1v) is 5.20. The first kappa shape index (κ1) is 13.0. The Labute approximate surface area is 99.6 Å². The fourth-order valence-electron chi connectivity index (χ4n) is 1.21. The van der Waals surface area contributed by atoms with Crippen molar-refractivity contribution in [1.82, 2.24) is 4.90 Å². The largest absolute Gasteiger partial charge is 0.481 e. The molecule has 0 heterocycles. The Morgan fingerprint density at radius 2 is 2.12 bits per heavy atom. The van der Waals surface area contributed by atoms with E-state index in [9.17, 15) is 9.59 Å². The molecule has 0 aliphatic carbocycles. The third kappa shape index (κ3) is 4.55. The number of carboxylic acid groups (broad SMARTS) is 1. The molecule has 92 valence electrons. The Balaban J connectivity index is 2.51. The molecule has 1 rings (SSSR count). The van der Waals surface area contributed by atoms with Gasteiger partial charge in [0.05, 0.1) is 6.42 Å². The topological polar surface area (TPSA) is 66.8 Å². The zero-order valence-corrected chi connectivity index (χ0v) is 9.84. The number of rotatable bonds is 4. The Kier molecular flexibility index (Phi) is 4.51. The SMILES string of the molecule is Cc1cccc(OC(=O)N(C)CCC(=O)O)c1. The van der Waals surface area contributed by atoms with Gasteiger partial charge in [-0.1, -0.05) is 12.1 Å². The van der Waals surface area contributed by atoms with Crippen molar-refractivity contribution in [3.63, 3.8) is 0 Å². The monoisotopic (exact) mass is 237 g/mol. The lowest BCUT2D eigenvalue weighted by Gasteiger charge is -2.15. The number of hydrogen-bond donors (Lipinski definition) is 1. The molecule has 17 heavy (non-hydrogen) atoms. The molecule has 0 aliphatic rings. The molecule has 5 heteroatoms. The van der Waals surface area contributed by atoms with E-state index in [4.69, 9.17) is 9.84 Å². The van der Waals surface area contributed by atoms with Gasteiger partial charge >= 0.3 is 12.1 Å². The molecule has 0 saturated heterocycles. The standard InChI is InChI=1S/C12H15NO4/c1-9-4-3-5-10(8-9)17-12(16)13(2)7-6-11(14)15/h3-5,8H,6-7H2,1-2H3,(H,14,15). The molecular formula is C12H15NO4. The number of amides is 1. The zero-order valence-electron chi connectivity index (χ0n) is 9.84. The third-order valence-electron chi connectivity index (χ3n) is 2.17. The van der Waals surface area contributed by atoms with Gasteiger partial charge in [-0.2, -0.15) is 0 Å². The first-order chi connectivity index (χ1) is 7.99. The van der Waals surface area contributed by atoms with E-state index in [0.717, 1.165) is 5.56 Å². The Bertz CT molecular complexity index is 417. The van der Waals surface area contributed by atoms with E-state index in [1.54, 1.807) is 18.2 Å². The predicted octanol–water partition coefficient (Wildman–Crippen LogP) is 1.90. The van der Waals surface area contributed by atoms with Gasteiger partial charge in [-0.15, -0.1) is 0 Å². The maximum Gasteiger partial charge on any atom is 0.414 e. The molecule has 0 spiro atoms. The van der Waals surface area contributed by atoms with E-state index >= 15 is 0 Å². The smallest absolute Gasteiger partial charge is 0.414 e. The molecule has 0 unspecified atom stereocenters. The number of carboxylic acids is 1. The van der Waals surface area contributed by atoms with E-state index in [0.29, 0.717) is 5.75 Å². The molecule has 0 aromatic heterocycles. The summed E-state index contributed by atoms with van der Waals surface area (Å²) in [5.41, 5.74) is 0.989. The van der Waals surface area contributed by atoms with Gasteiger partial charge in [-0.25, -0.2) is 4.79 Å². The second-order valence-electron chi connectivity index (χ2n) is 3.75. The lowest BCUT2D eigenvalue weighted by molar-refractivity contribution is -0.137. The van der Waals surface area contributed by atoms with Crippen LogP contribution in [0.25, 0.3) is 0 Å². The fourth-order valence-corrected chi connectivity index (χ4v) is 1.21. The summed E-state index contributed by atoms with van der Waals surface area (Å²) in [5, 5.41) is 8.49. The lowest BCUT2D eigenvalue weighted by Crippen LogP contribution is -2.31. The summed E-state index contributed by atoms with van der Waals surface area (Å²) in [6.07, 6.45) is -0.656. The van der Waals surface area contributed by atoms with Crippen molar-refractivity contribution >= 4 is 12.1 Å². The summed E-state index contributed by atoms with van der Waals surface area (Å²) >= 11 is 0. The van der Waals surface area contributed by atoms with Gasteiger partial charge in [0.2, 0.25) is 0 Å². The molecule has 1 aromatic carbocycles. The van der Waals surface area contributed by atoms with Gasteiger partial charge in [-0.05, 0) is 24.6 Å². The van der Waals surface area contributed by atoms with Crippen LogP contribution in [0, 0.1) is 6.92 Å². The highest BCUT2D eigenvalue weighted by atomic mass is 16.6. The van der Waals surface area contributed by atoms with E-state index < -0.39 is 12.1 Å². The third-order valence-corrected chi connectivity index (χ3v) is 2.17. The number of benzene rings is 1. The highest BCUT2D eigenvalue weighted by molar-refractivity contribution is 5.72. The normalized spacial score (nSPS) is 9.76. The number of carbonyl (C=O) groups excluding carboxylic acids is 1. The minimum absolute atomic E-state index is 0.0978. The fraction of sp³-hybridized carbons (Fsp3) is 0.333. The maximum atomic E-state index is 11.5. The van der Waals surface area contributed by atoms with Gasteiger partial charge < -0.3 is 14.7 Å². The summed E-state index contributed by atoms with van der Waals surface area (Å²) in [5.74, 6) is -0.489. The molecule has 1 aromatic rings. The number of carbonyl (C=O) groups is 2. The summed E-state index contributed by atoms with van der Waals surface area (Å²) in [4.78, 5) is 23.1. The first-order valence-electron chi connectivity index (χ1n) is 5.20. The molecule has 0 radical (unpaired) electrons. The highest BCUT2D eigenvalue weighted by Crippen LogP contribution is 2.13. The van der Waals surface area contributed by atoms with E-state index in [2.05, 4.69) is 0 Å². The molecule has 0 atom stereocenters. The molecule has 0 fully saturated rings. The van der Waals surface area contributed by atoms with Crippen LogP contribution in [0.5, 0.6) is 5.75 Å². The van der Waals surface area contributed by atoms with Crippen LogP contribution in [0.1, 0.15) is 12.0 Å². The number of hydrogen-bond acceptors (Lipinski definition) is 3. The molecule has 0 bridgehead atoms. The minimum Gasteiger partial charge on any atom is -0.481 e. The van der Waals surface area contributed by atoms with Crippen molar-refractivity contribution < 1.29 is 19.4 Å². The van der Waals surface area contributed by atoms with Crippen molar-refractivity contribution in [3.05, 3.63) is 29.8 Å². The Hall–Kier alpha value is -2.04. The van der Waals surface area contributed by atoms with Crippen LogP contribution in [-0.2, 0) is 4.79 Å². The van der Waals surface area contributed by atoms with Crippen molar-refractivity contribution in [2.24, 2.45) is 0 Å². The zero-order chi connectivity index (χ0) is 12.8. The molecule has 0 aliphatic heterocycles. The van der Waals surface area contributed by atoms with E-state index in [1.807, 2.05) is 13.0 Å². The summed E-state index contributed by atoms with van der Waals surface area (Å²) in [7, 11) is 1.50. The van der Waals surface area contributed by atoms with Gasteiger partial charge in [0, 0.05) is 13.6 Å². The number of aliphatic carboxylic acids is 1. The average Bonchev–Trinajstić information content (AvgIpc) is 2.25. The van der Waals surface area contributed by atoms with Crippen molar-refractivity contribution in [1.29, 1.82) is 0 Å². The quantitative estimate of drug-likeness (QED) is 0.868. The number of aryl methyl sites for hydroxylation is 1. The van der Waals surface area contributed by atoms with Crippen LogP contribution < -0.4 is 4.74 Å². The molecule has 0 saturated carbocycles. The maximum absolute atomic E-state index is 11.5. The Morgan fingerprint density at radius 3 is 2.71 bits per heavy atom. The summed E-state index contributed by atoms with van der Waals surface area (Å²) < 4.78 is 5.08. The van der Waals surface area contributed by atoms with Gasteiger partial charge in [0.15, 0.2) is 0 Å². The second-order valence-corrected chi connectivity index (χ2v) is 3.75. The lowest BCUT2D eigenvalue weighted by atomic mass is 10.2. The summed E-state index contributed by atoms with van der Waals surface area (Å²) in [6.45, 7) is 2.02. The van der Waals surface area contributed by atoms with E-state index in [-0.39, 0.29) is 13.0 Å². The van der Waals surface area contributed by atoms with Crippen LogP contribution in [0.3, 0.4) is 0 Å². The van der Waals surface area contributed by atoms with Crippen molar-refractivity contribution in [3.8, 4) is 5.75 Å². The van der Waals surface area contributed by atoms with Crippen LogP contribution in [0.15, 0.2) is 24.3 Å². The van der Waals surface area contributed by atoms with Crippen LogP contribution in [-0.4, -0.2) is 35.7 Å². The van der Waals surface area contributed by atoms with E-state index in [1.165, 1.54) is 11.9 Å². The van der Waals surface area contributed by atoms with Crippen molar-refractivity contribution in [2.75, 3.05) is 13.6 Å². The molecule has 1 N–H and O–H groups in total. The van der Waals surface area contributed by atoms with Gasteiger partial charge in [0.1, 0.15) is 5.75 Å². The molecule has 5 nitrogen and oxygen atoms in total. The minimum atomic E-state index is -0.944. The number of ether oxygens (including phenoxy) is 1.